The molecule has 0 fully saturated rings. The lowest BCUT2D eigenvalue weighted by Gasteiger charge is -1.99. The monoisotopic (exact) mass is 224 g/mol. The van der Waals surface area contributed by atoms with E-state index in [9.17, 15) is 4.79 Å². The molecule has 6 nitrogen and oxygen atoms in total. The lowest BCUT2D eigenvalue weighted by Crippen LogP contribution is -2.25. The van der Waals surface area contributed by atoms with Crippen LogP contribution in [0.1, 0.15) is 16.4 Å². The van der Waals surface area contributed by atoms with Gasteiger partial charge in [-0.3, -0.25) is 4.79 Å². The summed E-state index contributed by atoms with van der Waals surface area (Å²) in [7, 11) is 0. The topological polar surface area (TPSA) is 80.9 Å². The number of nitrogens with one attached hydrogen (secondary N) is 1. The Morgan fingerprint density at radius 3 is 3.13 bits per heavy atom. The zero-order chi connectivity index (χ0) is 10.5. The zero-order valence-electron chi connectivity index (χ0n) is 7.71. The normalized spacial score (nSPS) is 10.1. The fourth-order valence-corrected chi connectivity index (χ4v) is 1.54. The van der Waals surface area contributed by atoms with E-state index in [-0.39, 0.29) is 5.91 Å². The van der Waals surface area contributed by atoms with E-state index in [2.05, 4.69) is 20.4 Å². The van der Waals surface area contributed by atoms with Gasteiger partial charge in [-0.05, 0) is 0 Å². The van der Waals surface area contributed by atoms with Gasteiger partial charge >= 0.3 is 0 Å². The quantitative estimate of drug-likeness (QED) is 0.817. The summed E-state index contributed by atoms with van der Waals surface area (Å²) < 4.78 is 4.78. The minimum atomic E-state index is -0.184. The second-order valence-electron chi connectivity index (χ2n) is 2.71. The van der Waals surface area contributed by atoms with Gasteiger partial charge in [0.2, 0.25) is 5.89 Å². The first kappa shape index (κ1) is 9.78. The molecule has 0 saturated carbocycles. The fourth-order valence-electron chi connectivity index (χ4n) is 1.00. The molecule has 2 rings (SSSR count). The number of hydrogen-bond donors (Lipinski definition) is 1. The van der Waals surface area contributed by atoms with Gasteiger partial charge in [0.25, 0.3) is 5.91 Å². The first-order chi connectivity index (χ1) is 7.36. The second-order valence-corrected chi connectivity index (χ2v) is 3.43. The summed E-state index contributed by atoms with van der Waals surface area (Å²) in [5, 5.41) is 7.86. The number of nitrogens with zero attached hydrogens (tertiary/aromatic N) is 3. The van der Waals surface area contributed by atoms with Gasteiger partial charge in [-0.2, -0.15) is 4.98 Å². The number of aromatic nitrogens is 3. The molecule has 0 saturated heterocycles. The summed E-state index contributed by atoms with van der Waals surface area (Å²) in [5.41, 5.74) is 2.05. The summed E-state index contributed by atoms with van der Waals surface area (Å²) in [4.78, 5) is 19.1. The van der Waals surface area contributed by atoms with Gasteiger partial charge in [-0.15, -0.1) is 11.3 Å². The Bertz CT molecular complexity index is 412. The Labute approximate surface area is 89.3 Å². The molecule has 0 spiro atoms. The van der Waals surface area contributed by atoms with Gasteiger partial charge in [0.1, 0.15) is 5.69 Å². The number of hydrogen-bond acceptors (Lipinski definition) is 6. The van der Waals surface area contributed by atoms with Crippen LogP contribution in [-0.2, 0) is 6.42 Å². The summed E-state index contributed by atoms with van der Waals surface area (Å²) in [6.45, 7) is 0.457. The van der Waals surface area contributed by atoms with Crippen molar-refractivity contribution in [3.05, 3.63) is 28.8 Å². The van der Waals surface area contributed by atoms with Crippen LogP contribution in [0.5, 0.6) is 0 Å². The maximum atomic E-state index is 11.4. The van der Waals surface area contributed by atoms with Crippen LogP contribution >= 0.6 is 11.3 Å². The van der Waals surface area contributed by atoms with Gasteiger partial charge in [0.05, 0.1) is 5.51 Å². The van der Waals surface area contributed by atoms with E-state index >= 15 is 0 Å². The predicted octanol–water partition coefficient (Wildman–Crippen LogP) is 0.499. The van der Waals surface area contributed by atoms with Crippen molar-refractivity contribution in [1.29, 1.82) is 0 Å². The van der Waals surface area contributed by atoms with Crippen LogP contribution in [0.4, 0.5) is 0 Å². The van der Waals surface area contributed by atoms with E-state index < -0.39 is 0 Å². The van der Waals surface area contributed by atoms with Gasteiger partial charge in [0, 0.05) is 18.3 Å². The molecule has 1 N–H and O–H groups in total. The smallest absolute Gasteiger partial charge is 0.270 e. The van der Waals surface area contributed by atoms with E-state index in [0.29, 0.717) is 24.6 Å². The molecule has 1 amide bonds. The van der Waals surface area contributed by atoms with Crippen LogP contribution < -0.4 is 5.32 Å². The third kappa shape index (κ3) is 2.59. The molecular formula is C8H8N4O2S. The summed E-state index contributed by atoms with van der Waals surface area (Å²) in [6, 6.07) is 0. The van der Waals surface area contributed by atoms with E-state index in [4.69, 9.17) is 4.52 Å². The second kappa shape index (κ2) is 4.65. The molecule has 0 aliphatic rings. The van der Waals surface area contributed by atoms with Gasteiger partial charge < -0.3 is 9.84 Å². The molecule has 0 radical (unpaired) electrons. The molecule has 0 aromatic carbocycles. The van der Waals surface area contributed by atoms with E-state index in [1.54, 1.807) is 10.9 Å². The average Bonchev–Trinajstić information content (AvgIpc) is 2.90. The first-order valence-electron chi connectivity index (χ1n) is 4.28. The molecule has 0 atom stereocenters. The highest BCUT2D eigenvalue weighted by Crippen LogP contribution is 2.00. The zero-order valence-corrected chi connectivity index (χ0v) is 8.53. The lowest BCUT2D eigenvalue weighted by atomic mass is 10.4. The van der Waals surface area contributed by atoms with Crippen molar-refractivity contribution in [3.63, 3.8) is 0 Å². The van der Waals surface area contributed by atoms with Crippen molar-refractivity contribution in [1.82, 2.24) is 20.4 Å². The number of carbonyl (C=O) groups is 1. The maximum absolute atomic E-state index is 11.4. The highest BCUT2D eigenvalue weighted by Gasteiger charge is 2.07. The van der Waals surface area contributed by atoms with Crippen LogP contribution in [0.15, 0.2) is 21.7 Å². The third-order valence-corrected chi connectivity index (χ3v) is 2.28. The van der Waals surface area contributed by atoms with Crippen LogP contribution in [0.2, 0.25) is 0 Å². The van der Waals surface area contributed by atoms with Gasteiger partial charge in [0.15, 0.2) is 6.33 Å². The minimum absolute atomic E-state index is 0.184. The molecule has 0 aliphatic carbocycles. The van der Waals surface area contributed by atoms with Crippen molar-refractivity contribution < 1.29 is 9.32 Å². The van der Waals surface area contributed by atoms with Crippen molar-refractivity contribution in [2.45, 2.75) is 6.42 Å². The molecule has 78 valence electrons. The third-order valence-electron chi connectivity index (χ3n) is 1.70. The van der Waals surface area contributed by atoms with Crippen molar-refractivity contribution in [3.8, 4) is 0 Å². The highest BCUT2D eigenvalue weighted by atomic mass is 32.1. The van der Waals surface area contributed by atoms with Crippen molar-refractivity contribution >= 4 is 17.2 Å². The predicted molar refractivity (Wildman–Crippen MR) is 52.4 cm³/mol. The fraction of sp³-hybridized carbons (Fsp3) is 0.250. The first-order valence-corrected chi connectivity index (χ1v) is 5.22. The molecule has 2 heterocycles. The highest BCUT2D eigenvalue weighted by molar-refractivity contribution is 7.07. The van der Waals surface area contributed by atoms with Crippen molar-refractivity contribution in [2.75, 3.05) is 6.54 Å². The number of amides is 1. The average molecular weight is 224 g/mol. The Morgan fingerprint density at radius 1 is 1.53 bits per heavy atom. The van der Waals surface area contributed by atoms with Gasteiger partial charge in [-0.1, -0.05) is 5.16 Å². The van der Waals surface area contributed by atoms with E-state index in [1.807, 2.05) is 0 Å². The van der Waals surface area contributed by atoms with Crippen LogP contribution in [0, 0.1) is 0 Å². The van der Waals surface area contributed by atoms with E-state index in [1.165, 1.54) is 17.7 Å². The standard InChI is InChI=1S/C8H8N4O2S/c13-8(6-3-15-5-11-6)9-2-1-7-10-4-12-14-7/h3-5H,1-2H2,(H,9,13). The maximum Gasteiger partial charge on any atom is 0.270 e. The Morgan fingerprint density at radius 2 is 2.47 bits per heavy atom. The lowest BCUT2D eigenvalue weighted by molar-refractivity contribution is 0.0949. The number of rotatable bonds is 4. The number of thiazole rings is 1. The summed E-state index contributed by atoms with van der Waals surface area (Å²) >= 11 is 1.39. The SMILES string of the molecule is O=C(NCCc1ncno1)c1cscn1. The van der Waals surface area contributed by atoms with E-state index in [0.717, 1.165) is 0 Å². The summed E-state index contributed by atoms with van der Waals surface area (Å²) in [6.07, 6.45) is 1.85. The van der Waals surface area contributed by atoms with Crippen LogP contribution in [-0.4, -0.2) is 27.6 Å². The van der Waals surface area contributed by atoms with Crippen LogP contribution in [0.25, 0.3) is 0 Å². The summed E-state index contributed by atoms with van der Waals surface area (Å²) in [5.74, 6) is 0.323. The van der Waals surface area contributed by atoms with Crippen molar-refractivity contribution in [2.24, 2.45) is 0 Å². The molecule has 7 heteroatoms. The molecule has 0 unspecified atom stereocenters. The Hall–Kier alpha value is -1.76. The molecular weight excluding hydrogens is 216 g/mol. The molecule has 15 heavy (non-hydrogen) atoms. The minimum Gasteiger partial charge on any atom is -0.350 e. The van der Waals surface area contributed by atoms with Crippen LogP contribution in [0.3, 0.4) is 0 Å². The largest absolute Gasteiger partial charge is 0.350 e. The molecule has 2 aromatic rings. The number of carbonyl (C=O) groups excluding carboxylic acids is 1. The molecule has 2 aromatic heterocycles. The molecule has 0 aliphatic heterocycles. The Balaban J connectivity index is 1.77. The van der Waals surface area contributed by atoms with Gasteiger partial charge in [-0.25, -0.2) is 4.98 Å². The Kier molecular flexibility index (Phi) is 3.03. The molecule has 0 bridgehead atoms.